The monoisotopic (exact) mass is 561 g/mol. The van der Waals surface area contributed by atoms with Gasteiger partial charge in [-0.15, -0.1) is 0 Å². The molecule has 2 saturated heterocycles. The van der Waals surface area contributed by atoms with Gasteiger partial charge in [-0.05, 0) is 68.5 Å². The van der Waals surface area contributed by atoms with Gasteiger partial charge in [0.25, 0.3) is 11.9 Å². The number of para-hydroxylation sites is 1. The summed E-state index contributed by atoms with van der Waals surface area (Å²) in [7, 11) is 0. The summed E-state index contributed by atoms with van der Waals surface area (Å²) in [5.74, 6) is -0.143. The number of ether oxygens (including phenoxy) is 1. The minimum atomic E-state index is -1.32. The molecule has 7 nitrogen and oxygen atoms in total. The first-order chi connectivity index (χ1) is 15.4. The van der Waals surface area contributed by atoms with Gasteiger partial charge in [-0.3, -0.25) is 19.8 Å². The number of hydrogen-bond donors (Lipinski definition) is 1. The molecule has 0 unspecified atom stereocenters. The van der Waals surface area contributed by atoms with Crippen LogP contribution in [0.15, 0.2) is 58.0 Å². The van der Waals surface area contributed by atoms with E-state index in [0.717, 1.165) is 18.4 Å². The standard InChI is InChI=1S/C23H21Br2N3O4/c1-2-10-32-20-15(24)11-13(12-16(20)25)19-18-8-5-9-27(18)23(21(19)28(30)31)14-6-3-4-7-17(14)26-22(23)29/h2-4,6-7,11-12,18-19,21H,1,5,8-10H2,(H,26,29)/t18-,19+,21+,23+/m0/s1. The number of nitrogens with zero attached hydrogens (tertiary/aromatic N) is 2. The Balaban J connectivity index is 1.69. The fraction of sp³-hybridized carbons (Fsp3) is 0.348. The summed E-state index contributed by atoms with van der Waals surface area (Å²) < 4.78 is 7.13. The molecule has 1 amide bonds. The number of amides is 1. The molecule has 0 aromatic heterocycles. The third kappa shape index (κ3) is 2.90. The second kappa shape index (κ2) is 7.97. The van der Waals surface area contributed by atoms with Crippen LogP contribution in [-0.4, -0.2) is 41.0 Å². The van der Waals surface area contributed by atoms with Crippen LogP contribution >= 0.6 is 31.9 Å². The van der Waals surface area contributed by atoms with E-state index in [1.165, 1.54) is 0 Å². The van der Waals surface area contributed by atoms with Gasteiger partial charge in [0.05, 0.1) is 14.9 Å². The molecule has 3 aliphatic heterocycles. The molecule has 0 bridgehead atoms. The molecule has 0 radical (unpaired) electrons. The number of nitrogens with one attached hydrogen (secondary N) is 1. The third-order valence-electron chi connectivity index (χ3n) is 6.85. The van der Waals surface area contributed by atoms with Gasteiger partial charge < -0.3 is 10.1 Å². The maximum Gasteiger partial charge on any atom is 0.256 e. The highest BCUT2D eigenvalue weighted by Gasteiger charge is 2.73. The number of rotatable bonds is 5. The predicted octanol–water partition coefficient (Wildman–Crippen LogP) is 4.83. The van der Waals surface area contributed by atoms with E-state index in [2.05, 4.69) is 48.7 Å². The van der Waals surface area contributed by atoms with Gasteiger partial charge >= 0.3 is 0 Å². The Bertz CT molecular complexity index is 1120. The maximum absolute atomic E-state index is 13.5. The summed E-state index contributed by atoms with van der Waals surface area (Å²) in [4.78, 5) is 28.0. The van der Waals surface area contributed by atoms with Gasteiger partial charge in [-0.25, -0.2) is 0 Å². The van der Waals surface area contributed by atoms with E-state index in [1.807, 2.05) is 36.4 Å². The van der Waals surface area contributed by atoms with Gasteiger partial charge in [0.15, 0.2) is 5.54 Å². The van der Waals surface area contributed by atoms with E-state index in [9.17, 15) is 14.9 Å². The van der Waals surface area contributed by atoms with Crippen LogP contribution in [0.5, 0.6) is 5.75 Å². The maximum atomic E-state index is 13.5. The highest BCUT2D eigenvalue weighted by Crippen LogP contribution is 2.58. The van der Waals surface area contributed by atoms with Crippen molar-refractivity contribution in [2.24, 2.45) is 0 Å². The number of nitro groups is 1. The fourth-order valence-corrected chi connectivity index (χ4v) is 7.28. The Hall–Kier alpha value is -2.23. The minimum absolute atomic E-state index is 0.110. The number of hydrogen-bond acceptors (Lipinski definition) is 5. The Labute approximate surface area is 202 Å². The lowest BCUT2D eigenvalue weighted by molar-refractivity contribution is -0.534. The molecule has 9 heteroatoms. The van der Waals surface area contributed by atoms with Crippen LogP contribution in [-0.2, 0) is 10.3 Å². The molecule has 1 N–H and O–H groups in total. The van der Waals surface area contributed by atoms with E-state index in [-0.39, 0.29) is 16.9 Å². The van der Waals surface area contributed by atoms with E-state index >= 15 is 0 Å². The van der Waals surface area contributed by atoms with Crippen LogP contribution < -0.4 is 10.1 Å². The van der Waals surface area contributed by atoms with Crippen LogP contribution in [0.4, 0.5) is 5.69 Å². The molecule has 5 rings (SSSR count). The SMILES string of the molecule is C=CCOc1c(Br)cc([C@@H]2[C@@H]3CCCN3[C@@]3(C(=O)Nc4ccccc43)[C@@H]2[N+](=O)[O-])cc1Br. The van der Waals surface area contributed by atoms with Crippen molar-refractivity contribution in [3.05, 3.63) is 79.2 Å². The lowest BCUT2D eigenvalue weighted by atomic mass is 9.77. The molecule has 32 heavy (non-hydrogen) atoms. The van der Waals surface area contributed by atoms with Crippen molar-refractivity contribution in [2.75, 3.05) is 18.5 Å². The molecule has 2 fully saturated rings. The molecule has 1 spiro atoms. The van der Waals surface area contributed by atoms with Crippen molar-refractivity contribution in [2.45, 2.75) is 36.4 Å². The van der Waals surface area contributed by atoms with E-state index < -0.39 is 17.5 Å². The van der Waals surface area contributed by atoms with Crippen LogP contribution in [0.3, 0.4) is 0 Å². The molecule has 166 valence electrons. The van der Waals surface area contributed by atoms with Crippen LogP contribution in [0.2, 0.25) is 0 Å². The molecular weight excluding hydrogens is 542 g/mol. The first kappa shape index (κ1) is 21.6. The van der Waals surface area contributed by atoms with Crippen LogP contribution in [0.25, 0.3) is 0 Å². The number of carbonyl (C=O) groups excluding carboxylic acids is 1. The normalized spacial score (nSPS) is 28.4. The van der Waals surface area contributed by atoms with Gasteiger partial charge in [0.2, 0.25) is 0 Å². The summed E-state index contributed by atoms with van der Waals surface area (Å²) in [5, 5.41) is 15.6. The van der Waals surface area contributed by atoms with Gasteiger partial charge in [-0.2, -0.15) is 0 Å². The van der Waals surface area contributed by atoms with E-state index in [1.54, 1.807) is 6.08 Å². The zero-order chi connectivity index (χ0) is 22.6. The predicted molar refractivity (Wildman–Crippen MR) is 128 cm³/mol. The molecule has 3 aliphatic rings. The van der Waals surface area contributed by atoms with Gasteiger partial charge in [0.1, 0.15) is 12.4 Å². The highest BCUT2D eigenvalue weighted by atomic mass is 79.9. The summed E-state index contributed by atoms with van der Waals surface area (Å²) in [5.41, 5.74) is 0.849. The van der Waals surface area contributed by atoms with E-state index in [4.69, 9.17) is 4.74 Å². The molecule has 0 aliphatic carbocycles. The lowest BCUT2D eigenvalue weighted by Gasteiger charge is -2.32. The van der Waals surface area contributed by atoms with Crippen molar-refractivity contribution >= 4 is 43.5 Å². The summed E-state index contributed by atoms with van der Waals surface area (Å²) in [6, 6.07) is 9.89. The molecule has 2 aromatic carbocycles. The fourth-order valence-electron chi connectivity index (χ4n) is 5.83. The van der Waals surface area contributed by atoms with Crippen molar-refractivity contribution in [3.8, 4) is 5.75 Å². The van der Waals surface area contributed by atoms with E-state index in [0.29, 0.717) is 39.1 Å². The number of carbonyl (C=O) groups is 1. The number of anilines is 1. The number of halogens is 2. The van der Waals surface area contributed by atoms with Crippen molar-refractivity contribution in [1.82, 2.24) is 4.90 Å². The van der Waals surface area contributed by atoms with Crippen molar-refractivity contribution < 1.29 is 14.5 Å². The first-order valence-corrected chi connectivity index (χ1v) is 12.0. The molecule has 2 aromatic rings. The highest BCUT2D eigenvalue weighted by molar-refractivity contribution is 9.11. The zero-order valence-electron chi connectivity index (χ0n) is 17.1. The first-order valence-electron chi connectivity index (χ1n) is 10.4. The molecular formula is C23H21Br2N3O4. The topological polar surface area (TPSA) is 84.7 Å². The summed E-state index contributed by atoms with van der Waals surface area (Å²) in [6.07, 6.45) is 3.35. The van der Waals surface area contributed by atoms with Gasteiger partial charge in [0, 0.05) is 28.8 Å². The van der Waals surface area contributed by atoms with Gasteiger partial charge in [-0.1, -0.05) is 30.9 Å². The Morgan fingerprint density at radius 1 is 1.31 bits per heavy atom. The smallest absolute Gasteiger partial charge is 0.256 e. The quantitative estimate of drug-likeness (QED) is 0.320. The van der Waals surface area contributed by atoms with Crippen LogP contribution in [0, 0.1) is 10.1 Å². The molecule has 0 saturated carbocycles. The Kier molecular flexibility index (Phi) is 5.38. The third-order valence-corrected chi connectivity index (χ3v) is 8.02. The minimum Gasteiger partial charge on any atom is -0.487 e. The Morgan fingerprint density at radius 3 is 2.72 bits per heavy atom. The van der Waals surface area contributed by atoms with Crippen molar-refractivity contribution in [3.63, 3.8) is 0 Å². The average molecular weight is 563 g/mol. The van der Waals surface area contributed by atoms with Crippen molar-refractivity contribution in [1.29, 1.82) is 0 Å². The Morgan fingerprint density at radius 2 is 2.03 bits per heavy atom. The number of fused-ring (bicyclic) bond motifs is 4. The summed E-state index contributed by atoms with van der Waals surface area (Å²) in [6.45, 7) is 4.66. The average Bonchev–Trinajstić information content (AvgIpc) is 3.41. The second-order valence-electron chi connectivity index (χ2n) is 8.34. The zero-order valence-corrected chi connectivity index (χ0v) is 20.3. The second-order valence-corrected chi connectivity index (χ2v) is 10.0. The summed E-state index contributed by atoms with van der Waals surface area (Å²) >= 11 is 7.13. The molecule has 3 heterocycles. The molecule has 4 atom stereocenters. The lowest BCUT2D eigenvalue weighted by Crippen LogP contribution is -2.55. The largest absolute Gasteiger partial charge is 0.487 e. The van der Waals surface area contributed by atoms with Crippen LogP contribution in [0.1, 0.15) is 29.9 Å². The number of benzene rings is 2.